The predicted molar refractivity (Wildman–Crippen MR) is 52.6 cm³/mol. The van der Waals surface area contributed by atoms with Crippen molar-refractivity contribution < 1.29 is 0 Å². The van der Waals surface area contributed by atoms with Crippen LogP contribution in [0.3, 0.4) is 0 Å². The van der Waals surface area contributed by atoms with Gasteiger partial charge < -0.3 is 5.32 Å². The Morgan fingerprint density at radius 1 is 1.25 bits per heavy atom. The van der Waals surface area contributed by atoms with Gasteiger partial charge in [0.1, 0.15) is 5.84 Å². The van der Waals surface area contributed by atoms with Crippen LogP contribution < -0.4 is 5.32 Å². The molecule has 64 valence electrons. The maximum absolute atomic E-state index is 7.57. The minimum absolute atomic E-state index is 0.255. The van der Waals surface area contributed by atoms with Crippen molar-refractivity contribution >= 4 is 11.5 Å². The van der Waals surface area contributed by atoms with Gasteiger partial charge in [-0.25, -0.2) is 0 Å². The fourth-order valence-corrected chi connectivity index (χ4v) is 0.821. The Bertz CT molecular complexity index is 252. The molecule has 0 aliphatic rings. The van der Waals surface area contributed by atoms with Crippen molar-refractivity contribution in [1.29, 1.82) is 5.41 Å². The molecule has 0 aromatic heterocycles. The molecule has 1 aromatic rings. The molecule has 0 fully saturated rings. The van der Waals surface area contributed by atoms with Crippen LogP contribution in [0.2, 0.25) is 0 Å². The zero-order valence-electron chi connectivity index (χ0n) is 7.46. The summed E-state index contributed by atoms with van der Waals surface area (Å²) in [6.45, 7) is 4.00. The summed E-state index contributed by atoms with van der Waals surface area (Å²) < 4.78 is 0. The van der Waals surface area contributed by atoms with E-state index in [0.717, 1.165) is 5.69 Å². The van der Waals surface area contributed by atoms with Crippen LogP contribution in [0.5, 0.6) is 0 Å². The van der Waals surface area contributed by atoms with Crippen LogP contribution in [0.25, 0.3) is 0 Å². The topological polar surface area (TPSA) is 35.9 Å². The highest BCUT2D eigenvalue weighted by Gasteiger charge is 2.00. The summed E-state index contributed by atoms with van der Waals surface area (Å²) in [4.78, 5) is 0. The molecule has 0 aliphatic carbocycles. The van der Waals surface area contributed by atoms with Crippen LogP contribution in [-0.2, 0) is 0 Å². The van der Waals surface area contributed by atoms with E-state index in [-0.39, 0.29) is 5.92 Å². The molecule has 12 heavy (non-hydrogen) atoms. The molecule has 1 rings (SSSR count). The zero-order chi connectivity index (χ0) is 8.97. The summed E-state index contributed by atoms with van der Waals surface area (Å²) in [5.41, 5.74) is 0.983. The second-order valence-corrected chi connectivity index (χ2v) is 3.06. The van der Waals surface area contributed by atoms with Gasteiger partial charge in [-0.15, -0.1) is 0 Å². The van der Waals surface area contributed by atoms with Gasteiger partial charge in [-0.3, -0.25) is 5.41 Å². The first-order valence-corrected chi connectivity index (χ1v) is 4.10. The molecule has 0 saturated carbocycles. The Labute approximate surface area is 73.1 Å². The smallest absolute Gasteiger partial charge is 0.100 e. The molecular formula is C10H14N2. The van der Waals surface area contributed by atoms with Gasteiger partial charge in [-0.1, -0.05) is 32.0 Å². The van der Waals surface area contributed by atoms with Crippen LogP contribution in [0.1, 0.15) is 13.8 Å². The molecule has 2 N–H and O–H groups in total. The number of nitrogens with one attached hydrogen (secondary N) is 2. The fraction of sp³-hybridized carbons (Fsp3) is 0.300. The van der Waals surface area contributed by atoms with E-state index in [9.17, 15) is 0 Å². The van der Waals surface area contributed by atoms with Gasteiger partial charge in [-0.2, -0.15) is 0 Å². The van der Waals surface area contributed by atoms with Crippen LogP contribution >= 0.6 is 0 Å². The van der Waals surface area contributed by atoms with E-state index >= 15 is 0 Å². The highest BCUT2D eigenvalue weighted by molar-refractivity contribution is 5.94. The quantitative estimate of drug-likeness (QED) is 0.509. The summed E-state index contributed by atoms with van der Waals surface area (Å²) in [5, 5.41) is 10.6. The first-order valence-electron chi connectivity index (χ1n) is 4.10. The molecule has 1 aromatic carbocycles. The molecule has 0 bridgehead atoms. The van der Waals surface area contributed by atoms with E-state index < -0.39 is 0 Å². The van der Waals surface area contributed by atoms with Gasteiger partial charge in [-0.05, 0) is 12.1 Å². The number of hydrogen-bond acceptors (Lipinski definition) is 1. The summed E-state index contributed by atoms with van der Waals surface area (Å²) in [6.07, 6.45) is 0. The monoisotopic (exact) mass is 162 g/mol. The first-order chi connectivity index (χ1) is 5.70. The largest absolute Gasteiger partial charge is 0.344 e. The van der Waals surface area contributed by atoms with Crippen molar-refractivity contribution in [2.75, 3.05) is 5.32 Å². The number of benzene rings is 1. The van der Waals surface area contributed by atoms with Crippen molar-refractivity contribution in [1.82, 2.24) is 0 Å². The van der Waals surface area contributed by atoms with E-state index in [1.54, 1.807) is 0 Å². The van der Waals surface area contributed by atoms with Gasteiger partial charge in [0, 0.05) is 11.6 Å². The molecular weight excluding hydrogens is 148 g/mol. The minimum atomic E-state index is 0.255. The molecule has 0 saturated heterocycles. The van der Waals surface area contributed by atoms with Crippen LogP contribution in [0.15, 0.2) is 30.3 Å². The highest BCUT2D eigenvalue weighted by Crippen LogP contribution is 2.06. The average Bonchev–Trinajstić information content (AvgIpc) is 2.06. The molecule has 0 radical (unpaired) electrons. The predicted octanol–water partition coefficient (Wildman–Crippen LogP) is 2.73. The maximum Gasteiger partial charge on any atom is 0.100 e. The standard InChI is InChI=1S/C10H14N2/c1-8(2)10(11)12-9-6-4-3-5-7-9/h3-8H,1-2H3,(H2,11,12). The third-order valence-corrected chi connectivity index (χ3v) is 1.63. The lowest BCUT2D eigenvalue weighted by Crippen LogP contribution is -2.16. The normalized spacial score (nSPS) is 9.92. The van der Waals surface area contributed by atoms with Crippen molar-refractivity contribution in [2.24, 2.45) is 5.92 Å². The SMILES string of the molecule is CC(C)C(=N)Nc1ccccc1. The first kappa shape index (κ1) is 8.78. The summed E-state index contributed by atoms with van der Waals surface area (Å²) in [6, 6.07) is 9.78. The summed E-state index contributed by atoms with van der Waals surface area (Å²) >= 11 is 0. The lowest BCUT2D eigenvalue weighted by molar-refractivity contribution is 0.873. The second-order valence-electron chi connectivity index (χ2n) is 3.06. The van der Waals surface area contributed by atoms with E-state index in [2.05, 4.69) is 5.32 Å². The van der Waals surface area contributed by atoms with Crippen molar-refractivity contribution in [3.63, 3.8) is 0 Å². The van der Waals surface area contributed by atoms with Crippen LogP contribution in [0.4, 0.5) is 5.69 Å². The number of anilines is 1. The third kappa shape index (κ3) is 2.38. The Hall–Kier alpha value is -1.31. The van der Waals surface area contributed by atoms with Crippen LogP contribution in [0, 0.1) is 11.3 Å². The van der Waals surface area contributed by atoms with Gasteiger partial charge in [0.05, 0.1) is 0 Å². The Balaban J connectivity index is 2.59. The van der Waals surface area contributed by atoms with Crippen LogP contribution in [-0.4, -0.2) is 5.84 Å². The Morgan fingerprint density at radius 2 is 1.83 bits per heavy atom. The molecule has 2 nitrogen and oxygen atoms in total. The molecule has 0 spiro atoms. The fourth-order valence-electron chi connectivity index (χ4n) is 0.821. The zero-order valence-corrected chi connectivity index (χ0v) is 7.46. The second kappa shape index (κ2) is 3.90. The van der Waals surface area contributed by atoms with Crippen molar-refractivity contribution in [3.05, 3.63) is 30.3 Å². The van der Waals surface area contributed by atoms with E-state index in [4.69, 9.17) is 5.41 Å². The van der Waals surface area contributed by atoms with E-state index in [0.29, 0.717) is 5.84 Å². The maximum atomic E-state index is 7.57. The minimum Gasteiger partial charge on any atom is -0.344 e. The molecule has 0 amide bonds. The average molecular weight is 162 g/mol. The lowest BCUT2D eigenvalue weighted by Gasteiger charge is -2.09. The molecule has 0 unspecified atom stereocenters. The third-order valence-electron chi connectivity index (χ3n) is 1.63. The summed E-state index contributed by atoms with van der Waals surface area (Å²) in [7, 11) is 0. The molecule has 0 atom stereocenters. The Kier molecular flexibility index (Phi) is 2.86. The highest BCUT2D eigenvalue weighted by atomic mass is 14.9. The van der Waals surface area contributed by atoms with Gasteiger partial charge in [0.2, 0.25) is 0 Å². The molecule has 0 heterocycles. The van der Waals surface area contributed by atoms with Gasteiger partial charge in [0.15, 0.2) is 0 Å². The van der Waals surface area contributed by atoms with E-state index in [1.165, 1.54) is 0 Å². The number of rotatable bonds is 2. The lowest BCUT2D eigenvalue weighted by atomic mass is 10.2. The Morgan fingerprint density at radius 3 is 2.33 bits per heavy atom. The number of amidine groups is 1. The van der Waals surface area contributed by atoms with Gasteiger partial charge in [0.25, 0.3) is 0 Å². The van der Waals surface area contributed by atoms with Gasteiger partial charge >= 0.3 is 0 Å². The van der Waals surface area contributed by atoms with Crippen molar-refractivity contribution in [2.45, 2.75) is 13.8 Å². The van der Waals surface area contributed by atoms with Crippen molar-refractivity contribution in [3.8, 4) is 0 Å². The van der Waals surface area contributed by atoms with E-state index in [1.807, 2.05) is 44.2 Å². The number of hydrogen-bond donors (Lipinski definition) is 2. The molecule has 0 aliphatic heterocycles. The summed E-state index contributed by atoms with van der Waals surface area (Å²) in [5.74, 6) is 0.811. The molecule has 2 heteroatoms. The number of para-hydroxylation sites is 1.